The minimum atomic E-state index is -0.185. The number of rotatable bonds is 2. The monoisotopic (exact) mass is 220 g/mol. The van der Waals surface area contributed by atoms with Gasteiger partial charge < -0.3 is 11.1 Å². The summed E-state index contributed by atoms with van der Waals surface area (Å²) < 4.78 is 0. The smallest absolute Gasteiger partial charge is 0.271 e. The van der Waals surface area contributed by atoms with E-state index in [4.69, 9.17) is 5.73 Å². The summed E-state index contributed by atoms with van der Waals surface area (Å²) in [5.41, 5.74) is 6.30. The van der Waals surface area contributed by atoms with E-state index in [2.05, 4.69) is 15.3 Å². The molecule has 5 heteroatoms. The molecule has 0 aliphatic heterocycles. The van der Waals surface area contributed by atoms with Gasteiger partial charge in [-0.2, -0.15) is 0 Å². The second-order valence-corrected chi connectivity index (χ2v) is 4.12. The lowest BCUT2D eigenvalue weighted by Gasteiger charge is -2.29. The molecule has 3 N–H and O–H groups in total. The number of nitrogens with two attached hydrogens (primary N) is 1. The Morgan fingerprint density at radius 2 is 2.19 bits per heavy atom. The summed E-state index contributed by atoms with van der Waals surface area (Å²) in [7, 11) is 0. The SMILES string of the molecule is N[C@H]1CCCC[C@H]1NC(=O)c1cnccn1. The normalized spacial score (nSPS) is 25.1. The zero-order valence-electron chi connectivity index (χ0n) is 9.10. The number of hydrogen-bond acceptors (Lipinski definition) is 4. The van der Waals surface area contributed by atoms with Crippen LogP contribution in [-0.2, 0) is 0 Å². The first-order chi connectivity index (χ1) is 7.77. The molecule has 2 atom stereocenters. The summed E-state index contributed by atoms with van der Waals surface area (Å²) in [5, 5.41) is 2.92. The Balaban J connectivity index is 1.96. The second kappa shape index (κ2) is 5.03. The molecule has 5 nitrogen and oxygen atoms in total. The molecule has 1 aliphatic rings. The van der Waals surface area contributed by atoms with Gasteiger partial charge in [-0.15, -0.1) is 0 Å². The highest BCUT2D eigenvalue weighted by Gasteiger charge is 2.23. The van der Waals surface area contributed by atoms with Crippen LogP contribution in [0.25, 0.3) is 0 Å². The molecule has 1 fully saturated rings. The number of aromatic nitrogens is 2. The van der Waals surface area contributed by atoms with Crippen molar-refractivity contribution in [3.05, 3.63) is 24.3 Å². The van der Waals surface area contributed by atoms with Crippen LogP contribution in [-0.4, -0.2) is 28.0 Å². The van der Waals surface area contributed by atoms with Crippen LogP contribution >= 0.6 is 0 Å². The summed E-state index contributed by atoms with van der Waals surface area (Å²) in [6.07, 6.45) is 8.72. The van der Waals surface area contributed by atoms with Gasteiger partial charge in [0.2, 0.25) is 0 Å². The molecule has 0 saturated heterocycles. The van der Waals surface area contributed by atoms with E-state index < -0.39 is 0 Å². The van der Waals surface area contributed by atoms with E-state index in [1.807, 2.05) is 0 Å². The molecule has 1 heterocycles. The van der Waals surface area contributed by atoms with Crippen molar-refractivity contribution in [2.45, 2.75) is 37.8 Å². The summed E-state index contributed by atoms with van der Waals surface area (Å²) in [5.74, 6) is -0.185. The summed E-state index contributed by atoms with van der Waals surface area (Å²) in [6.45, 7) is 0. The molecule has 16 heavy (non-hydrogen) atoms. The first kappa shape index (κ1) is 11.0. The Hall–Kier alpha value is -1.49. The maximum Gasteiger partial charge on any atom is 0.271 e. The summed E-state index contributed by atoms with van der Waals surface area (Å²) in [6, 6.07) is 0.137. The van der Waals surface area contributed by atoms with Gasteiger partial charge in [0.15, 0.2) is 0 Å². The third-order valence-electron chi connectivity index (χ3n) is 2.93. The van der Waals surface area contributed by atoms with Crippen molar-refractivity contribution >= 4 is 5.91 Å². The van der Waals surface area contributed by atoms with Crippen molar-refractivity contribution in [2.75, 3.05) is 0 Å². The molecule has 0 aromatic carbocycles. The molecule has 1 aromatic rings. The first-order valence-electron chi connectivity index (χ1n) is 5.60. The largest absolute Gasteiger partial charge is 0.346 e. The number of nitrogens with one attached hydrogen (secondary N) is 1. The molecule has 0 unspecified atom stereocenters. The molecule has 1 amide bonds. The molecule has 86 valence electrons. The second-order valence-electron chi connectivity index (χ2n) is 4.12. The topological polar surface area (TPSA) is 80.9 Å². The molecule has 1 aromatic heterocycles. The Kier molecular flexibility index (Phi) is 3.46. The third-order valence-corrected chi connectivity index (χ3v) is 2.93. The molecule has 0 bridgehead atoms. The van der Waals surface area contributed by atoms with Gasteiger partial charge in [-0.3, -0.25) is 9.78 Å². The van der Waals surface area contributed by atoms with Gasteiger partial charge in [-0.1, -0.05) is 12.8 Å². The Labute approximate surface area is 94.5 Å². The fourth-order valence-electron chi connectivity index (χ4n) is 2.00. The van der Waals surface area contributed by atoms with Gasteiger partial charge in [-0.05, 0) is 12.8 Å². The van der Waals surface area contributed by atoms with Crippen LogP contribution in [0, 0.1) is 0 Å². The molecule has 2 rings (SSSR count). The Bertz CT molecular complexity index is 354. The van der Waals surface area contributed by atoms with Crippen LogP contribution in [0.5, 0.6) is 0 Å². The number of nitrogens with zero attached hydrogens (tertiary/aromatic N) is 2. The number of hydrogen-bond donors (Lipinski definition) is 2. The lowest BCUT2D eigenvalue weighted by Crippen LogP contribution is -2.49. The van der Waals surface area contributed by atoms with E-state index >= 15 is 0 Å². The van der Waals surface area contributed by atoms with Crippen molar-refractivity contribution in [1.82, 2.24) is 15.3 Å². The van der Waals surface area contributed by atoms with E-state index in [1.54, 1.807) is 6.20 Å². The summed E-state index contributed by atoms with van der Waals surface area (Å²) in [4.78, 5) is 19.6. The minimum absolute atomic E-state index is 0.0642. The van der Waals surface area contributed by atoms with Crippen LogP contribution < -0.4 is 11.1 Å². The van der Waals surface area contributed by atoms with Crippen molar-refractivity contribution < 1.29 is 4.79 Å². The summed E-state index contributed by atoms with van der Waals surface area (Å²) >= 11 is 0. The maximum atomic E-state index is 11.8. The van der Waals surface area contributed by atoms with Gasteiger partial charge in [0.05, 0.1) is 6.20 Å². The lowest BCUT2D eigenvalue weighted by atomic mass is 9.91. The van der Waals surface area contributed by atoms with Crippen LogP contribution in [0.2, 0.25) is 0 Å². The van der Waals surface area contributed by atoms with E-state index in [9.17, 15) is 4.79 Å². The maximum absolute atomic E-state index is 11.8. The van der Waals surface area contributed by atoms with E-state index in [1.165, 1.54) is 12.4 Å². The number of carbonyl (C=O) groups is 1. The van der Waals surface area contributed by atoms with E-state index in [0.29, 0.717) is 5.69 Å². The van der Waals surface area contributed by atoms with Crippen LogP contribution in [0.15, 0.2) is 18.6 Å². The van der Waals surface area contributed by atoms with Crippen LogP contribution in [0.3, 0.4) is 0 Å². The Morgan fingerprint density at radius 3 is 2.88 bits per heavy atom. The van der Waals surface area contributed by atoms with E-state index in [0.717, 1.165) is 25.7 Å². The molecule has 0 spiro atoms. The van der Waals surface area contributed by atoms with Crippen molar-refractivity contribution in [2.24, 2.45) is 5.73 Å². The predicted molar refractivity (Wildman–Crippen MR) is 59.7 cm³/mol. The van der Waals surface area contributed by atoms with E-state index in [-0.39, 0.29) is 18.0 Å². The fourth-order valence-corrected chi connectivity index (χ4v) is 2.00. The highest BCUT2D eigenvalue weighted by atomic mass is 16.1. The minimum Gasteiger partial charge on any atom is -0.346 e. The molecular formula is C11H16N4O. The highest BCUT2D eigenvalue weighted by Crippen LogP contribution is 2.17. The van der Waals surface area contributed by atoms with Crippen molar-refractivity contribution in [3.8, 4) is 0 Å². The highest BCUT2D eigenvalue weighted by molar-refractivity contribution is 5.92. The van der Waals surface area contributed by atoms with Gasteiger partial charge >= 0.3 is 0 Å². The Morgan fingerprint density at radius 1 is 1.38 bits per heavy atom. The van der Waals surface area contributed by atoms with Gasteiger partial charge in [0.25, 0.3) is 5.91 Å². The van der Waals surface area contributed by atoms with Gasteiger partial charge in [-0.25, -0.2) is 4.98 Å². The zero-order valence-corrected chi connectivity index (χ0v) is 9.10. The van der Waals surface area contributed by atoms with Gasteiger partial charge in [0.1, 0.15) is 5.69 Å². The predicted octanol–water partition coefficient (Wildman–Crippen LogP) is 0.476. The molecular weight excluding hydrogens is 204 g/mol. The average Bonchev–Trinajstić information content (AvgIpc) is 2.33. The first-order valence-corrected chi connectivity index (χ1v) is 5.60. The standard InChI is InChI=1S/C11H16N4O/c12-8-3-1-2-4-9(8)15-11(16)10-7-13-5-6-14-10/h5-9H,1-4,12H2,(H,15,16)/t8-,9+/m0/s1. The molecule has 1 saturated carbocycles. The number of amides is 1. The fraction of sp³-hybridized carbons (Fsp3) is 0.545. The van der Waals surface area contributed by atoms with Gasteiger partial charge in [0, 0.05) is 24.5 Å². The third kappa shape index (κ3) is 2.55. The zero-order chi connectivity index (χ0) is 11.4. The molecule has 1 aliphatic carbocycles. The van der Waals surface area contributed by atoms with Crippen LogP contribution in [0.4, 0.5) is 0 Å². The quantitative estimate of drug-likeness (QED) is 0.759. The van der Waals surface area contributed by atoms with Crippen LogP contribution in [0.1, 0.15) is 36.2 Å². The lowest BCUT2D eigenvalue weighted by molar-refractivity contribution is 0.0916. The number of carbonyl (C=O) groups excluding carboxylic acids is 1. The van der Waals surface area contributed by atoms with Crippen molar-refractivity contribution in [1.29, 1.82) is 0 Å². The average molecular weight is 220 g/mol. The molecule has 0 radical (unpaired) electrons. The van der Waals surface area contributed by atoms with Crippen molar-refractivity contribution in [3.63, 3.8) is 0 Å².